The minimum atomic E-state index is 0.0273. The molecule has 1 aliphatic heterocycles. The largest absolute Gasteiger partial charge is 0.494 e. The second-order valence-corrected chi connectivity index (χ2v) is 6.23. The Labute approximate surface area is 137 Å². The number of carbonyl (C=O) groups is 1. The van der Waals surface area contributed by atoms with Crippen molar-refractivity contribution in [2.45, 2.75) is 44.7 Å². The molecule has 23 heavy (non-hydrogen) atoms. The first-order valence-corrected chi connectivity index (χ1v) is 8.66. The Bertz CT molecular complexity index is 514. The molecular weight excluding hydrogens is 292 g/mol. The van der Waals surface area contributed by atoms with Crippen LogP contribution in [0.25, 0.3) is 0 Å². The first-order valence-electron chi connectivity index (χ1n) is 8.66. The molecule has 5 heteroatoms. The Balaban J connectivity index is 1.42. The van der Waals surface area contributed by atoms with Crippen molar-refractivity contribution in [3.05, 3.63) is 24.3 Å². The fourth-order valence-corrected chi connectivity index (χ4v) is 3.00. The van der Waals surface area contributed by atoms with Gasteiger partial charge in [-0.05, 0) is 63.4 Å². The first kappa shape index (κ1) is 16.1. The van der Waals surface area contributed by atoms with Crippen LogP contribution in [0, 0.1) is 0 Å². The van der Waals surface area contributed by atoms with Crippen molar-refractivity contribution in [1.82, 2.24) is 10.2 Å². The van der Waals surface area contributed by atoms with Gasteiger partial charge < -0.3 is 14.8 Å². The number of hydrogen-bond acceptors (Lipinski definition) is 4. The van der Waals surface area contributed by atoms with Crippen molar-refractivity contribution in [2.24, 2.45) is 0 Å². The van der Waals surface area contributed by atoms with Crippen LogP contribution in [0.5, 0.6) is 11.5 Å². The van der Waals surface area contributed by atoms with Gasteiger partial charge in [0.15, 0.2) is 0 Å². The van der Waals surface area contributed by atoms with E-state index in [9.17, 15) is 4.79 Å². The van der Waals surface area contributed by atoms with E-state index in [4.69, 9.17) is 9.47 Å². The van der Waals surface area contributed by atoms with Gasteiger partial charge in [0.25, 0.3) is 0 Å². The molecule has 2 fully saturated rings. The maximum atomic E-state index is 12.2. The van der Waals surface area contributed by atoms with Gasteiger partial charge in [0.1, 0.15) is 18.1 Å². The summed E-state index contributed by atoms with van der Waals surface area (Å²) in [6.45, 7) is 5.00. The summed E-state index contributed by atoms with van der Waals surface area (Å²) >= 11 is 0. The molecule has 1 amide bonds. The van der Waals surface area contributed by atoms with Gasteiger partial charge in [-0.25, -0.2) is 0 Å². The Morgan fingerprint density at radius 1 is 1.17 bits per heavy atom. The number of benzene rings is 1. The van der Waals surface area contributed by atoms with E-state index in [0.717, 1.165) is 50.3 Å². The zero-order valence-corrected chi connectivity index (χ0v) is 13.8. The van der Waals surface area contributed by atoms with Gasteiger partial charge in [0, 0.05) is 12.6 Å². The topological polar surface area (TPSA) is 50.8 Å². The summed E-state index contributed by atoms with van der Waals surface area (Å²) in [7, 11) is 0. The SMILES string of the molecule is CCOc1ccc(OCCN2CCCC2C(=O)NC2CC2)cc1. The van der Waals surface area contributed by atoms with Crippen LogP contribution in [0.3, 0.4) is 0 Å². The highest BCUT2D eigenvalue weighted by atomic mass is 16.5. The third-order valence-electron chi connectivity index (χ3n) is 4.37. The van der Waals surface area contributed by atoms with Crippen molar-refractivity contribution in [2.75, 3.05) is 26.3 Å². The zero-order chi connectivity index (χ0) is 16.1. The minimum absolute atomic E-state index is 0.0273. The zero-order valence-electron chi connectivity index (χ0n) is 13.8. The summed E-state index contributed by atoms with van der Waals surface area (Å²) < 4.78 is 11.2. The number of nitrogens with one attached hydrogen (secondary N) is 1. The summed E-state index contributed by atoms with van der Waals surface area (Å²) in [5, 5.41) is 3.12. The highest BCUT2D eigenvalue weighted by Gasteiger charge is 2.33. The van der Waals surface area contributed by atoms with E-state index >= 15 is 0 Å². The molecule has 1 unspecified atom stereocenters. The number of rotatable bonds is 8. The molecule has 0 aromatic heterocycles. The van der Waals surface area contributed by atoms with Crippen LogP contribution in [-0.4, -0.2) is 49.2 Å². The van der Waals surface area contributed by atoms with E-state index in [-0.39, 0.29) is 11.9 Å². The van der Waals surface area contributed by atoms with E-state index in [1.165, 1.54) is 0 Å². The molecule has 1 heterocycles. The maximum Gasteiger partial charge on any atom is 0.237 e. The number of ether oxygens (including phenoxy) is 2. The van der Waals surface area contributed by atoms with Crippen molar-refractivity contribution in [3.63, 3.8) is 0 Å². The predicted octanol–water partition coefficient (Wildman–Crippen LogP) is 2.21. The molecule has 0 bridgehead atoms. The van der Waals surface area contributed by atoms with E-state index in [1.807, 2.05) is 31.2 Å². The quantitative estimate of drug-likeness (QED) is 0.798. The van der Waals surface area contributed by atoms with Crippen LogP contribution in [-0.2, 0) is 4.79 Å². The molecule has 0 spiro atoms. The lowest BCUT2D eigenvalue weighted by Crippen LogP contribution is -2.45. The number of likely N-dealkylation sites (tertiary alicyclic amines) is 1. The van der Waals surface area contributed by atoms with Crippen molar-refractivity contribution >= 4 is 5.91 Å². The standard InChI is InChI=1S/C18H26N2O3/c1-2-22-15-7-9-16(10-8-15)23-13-12-20-11-3-4-17(20)18(21)19-14-5-6-14/h7-10,14,17H,2-6,11-13H2,1H3,(H,19,21). The molecule has 5 nitrogen and oxygen atoms in total. The van der Waals surface area contributed by atoms with Gasteiger partial charge in [0.2, 0.25) is 5.91 Å². The molecule has 1 saturated carbocycles. The van der Waals surface area contributed by atoms with Crippen LogP contribution in [0.4, 0.5) is 0 Å². The average Bonchev–Trinajstić information content (AvgIpc) is 3.24. The first-order chi connectivity index (χ1) is 11.3. The molecule has 1 aromatic carbocycles. The number of hydrogen-bond donors (Lipinski definition) is 1. The highest BCUT2D eigenvalue weighted by molar-refractivity contribution is 5.82. The second-order valence-electron chi connectivity index (χ2n) is 6.23. The Hall–Kier alpha value is -1.75. The summed E-state index contributed by atoms with van der Waals surface area (Å²) in [6, 6.07) is 8.14. The predicted molar refractivity (Wildman–Crippen MR) is 88.9 cm³/mol. The summed E-state index contributed by atoms with van der Waals surface area (Å²) in [5.74, 6) is 1.90. The molecule has 1 N–H and O–H groups in total. The minimum Gasteiger partial charge on any atom is -0.494 e. The van der Waals surface area contributed by atoms with E-state index < -0.39 is 0 Å². The maximum absolute atomic E-state index is 12.2. The van der Waals surface area contributed by atoms with Crippen LogP contribution in [0.1, 0.15) is 32.6 Å². The number of nitrogens with zero attached hydrogens (tertiary/aromatic N) is 1. The van der Waals surface area contributed by atoms with Crippen molar-refractivity contribution in [3.8, 4) is 11.5 Å². The molecule has 2 aliphatic rings. The van der Waals surface area contributed by atoms with E-state index in [1.54, 1.807) is 0 Å². The number of amides is 1. The van der Waals surface area contributed by atoms with Crippen LogP contribution < -0.4 is 14.8 Å². The van der Waals surface area contributed by atoms with Gasteiger partial charge in [-0.3, -0.25) is 9.69 Å². The summed E-state index contributed by atoms with van der Waals surface area (Å²) in [5.41, 5.74) is 0. The van der Waals surface area contributed by atoms with Gasteiger partial charge >= 0.3 is 0 Å². The lowest BCUT2D eigenvalue weighted by molar-refractivity contribution is -0.125. The molecule has 0 radical (unpaired) electrons. The molecular formula is C18H26N2O3. The molecule has 3 rings (SSSR count). The van der Waals surface area contributed by atoms with Crippen molar-refractivity contribution in [1.29, 1.82) is 0 Å². The van der Waals surface area contributed by atoms with Crippen LogP contribution in [0.2, 0.25) is 0 Å². The second kappa shape index (κ2) is 7.68. The summed E-state index contributed by atoms with van der Waals surface area (Å²) in [4.78, 5) is 14.5. The molecule has 1 aromatic rings. The van der Waals surface area contributed by atoms with Crippen LogP contribution >= 0.6 is 0 Å². The average molecular weight is 318 g/mol. The molecule has 126 valence electrons. The lowest BCUT2D eigenvalue weighted by atomic mass is 10.2. The van der Waals surface area contributed by atoms with Crippen LogP contribution in [0.15, 0.2) is 24.3 Å². The van der Waals surface area contributed by atoms with Gasteiger partial charge in [-0.2, -0.15) is 0 Å². The van der Waals surface area contributed by atoms with Crippen molar-refractivity contribution < 1.29 is 14.3 Å². The monoisotopic (exact) mass is 318 g/mol. The fourth-order valence-electron chi connectivity index (χ4n) is 3.00. The third-order valence-corrected chi connectivity index (χ3v) is 4.37. The fraction of sp³-hybridized carbons (Fsp3) is 0.611. The smallest absolute Gasteiger partial charge is 0.237 e. The van der Waals surface area contributed by atoms with Gasteiger partial charge in [-0.15, -0.1) is 0 Å². The highest BCUT2D eigenvalue weighted by Crippen LogP contribution is 2.22. The molecule has 1 saturated heterocycles. The number of carbonyl (C=O) groups excluding carboxylic acids is 1. The van der Waals surface area contributed by atoms with Gasteiger partial charge in [-0.1, -0.05) is 0 Å². The lowest BCUT2D eigenvalue weighted by Gasteiger charge is -2.23. The molecule has 1 atom stereocenters. The Morgan fingerprint density at radius 3 is 2.52 bits per heavy atom. The van der Waals surface area contributed by atoms with E-state index in [2.05, 4.69) is 10.2 Å². The summed E-state index contributed by atoms with van der Waals surface area (Å²) in [6.07, 6.45) is 4.33. The third kappa shape index (κ3) is 4.61. The molecule has 1 aliphatic carbocycles. The normalized spacial score (nSPS) is 21.2. The van der Waals surface area contributed by atoms with E-state index in [0.29, 0.717) is 19.3 Å². The Kier molecular flexibility index (Phi) is 5.39. The Morgan fingerprint density at radius 2 is 1.87 bits per heavy atom. The van der Waals surface area contributed by atoms with Gasteiger partial charge in [0.05, 0.1) is 12.6 Å².